The van der Waals surface area contributed by atoms with Crippen molar-refractivity contribution < 1.29 is 9.90 Å². The second kappa shape index (κ2) is 7.45. The molecule has 1 atom stereocenters. The molecule has 1 aliphatic rings. The lowest BCUT2D eigenvalue weighted by Crippen LogP contribution is -2.39. The van der Waals surface area contributed by atoms with Gasteiger partial charge in [0.05, 0.1) is 12.6 Å². The Labute approximate surface area is 135 Å². The van der Waals surface area contributed by atoms with E-state index in [1.807, 2.05) is 6.92 Å². The van der Waals surface area contributed by atoms with Crippen molar-refractivity contribution in [1.29, 1.82) is 0 Å². The van der Waals surface area contributed by atoms with Gasteiger partial charge in [0.25, 0.3) is 0 Å². The number of nitrogens with zero attached hydrogens (tertiary/aromatic N) is 1. The molecule has 0 aromatic heterocycles. The van der Waals surface area contributed by atoms with Crippen LogP contribution in [0, 0.1) is 0 Å². The fraction of sp³-hybridized carbons (Fsp3) is 0.533. The second-order valence-electron chi connectivity index (χ2n) is 5.28. The zero-order chi connectivity index (χ0) is 15.4. The molecule has 116 valence electrons. The maximum Gasteiger partial charge on any atom is 0.234 e. The van der Waals surface area contributed by atoms with Crippen LogP contribution in [0.3, 0.4) is 0 Å². The number of carbonyl (C=O) groups excluding carboxylic acids is 1. The predicted molar refractivity (Wildman–Crippen MR) is 84.7 cm³/mol. The van der Waals surface area contributed by atoms with E-state index in [9.17, 15) is 9.90 Å². The minimum atomic E-state index is -0.838. The number of amides is 1. The number of aliphatic hydroxyl groups excluding tert-OH is 1. The molecule has 0 heterocycles. The summed E-state index contributed by atoms with van der Waals surface area (Å²) in [4.78, 5) is 14.1. The van der Waals surface area contributed by atoms with E-state index in [-0.39, 0.29) is 12.5 Å². The number of nitrogens with one attached hydrogen (secondary N) is 1. The summed E-state index contributed by atoms with van der Waals surface area (Å²) in [5, 5.41) is 13.8. The third-order valence-corrected chi connectivity index (χ3v) is 4.19. The van der Waals surface area contributed by atoms with Crippen molar-refractivity contribution in [2.45, 2.75) is 31.9 Å². The van der Waals surface area contributed by atoms with Gasteiger partial charge >= 0.3 is 0 Å². The van der Waals surface area contributed by atoms with E-state index in [2.05, 4.69) is 10.2 Å². The Morgan fingerprint density at radius 1 is 1.48 bits per heavy atom. The smallest absolute Gasteiger partial charge is 0.234 e. The molecule has 1 unspecified atom stereocenters. The first-order chi connectivity index (χ1) is 10.0. The van der Waals surface area contributed by atoms with E-state index in [1.54, 1.807) is 18.2 Å². The number of halogens is 2. The van der Waals surface area contributed by atoms with Crippen molar-refractivity contribution in [3.05, 3.63) is 33.8 Å². The van der Waals surface area contributed by atoms with Crippen LogP contribution in [0.4, 0.5) is 0 Å². The van der Waals surface area contributed by atoms with Gasteiger partial charge in [-0.05, 0) is 31.5 Å². The maximum absolute atomic E-state index is 11.9. The van der Waals surface area contributed by atoms with Gasteiger partial charge in [-0.1, -0.05) is 36.2 Å². The summed E-state index contributed by atoms with van der Waals surface area (Å²) in [5.41, 5.74) is 0.566. The van der Waals surface area contributed by atoms with Crippen molar-refractivity contribution in [3.8, 4) is 0 Å². The van der Waals surface area contributed by atoms with E-state index in [4.69, 9.17) is 23.2 Å². The minimum absolute atomic E-state index is 0.0760. The molecule has 21 heavy (non-hydrogen) atoms. The van der Waals surface area contributed by atoms with E-state index in [0.717, 1.165) is 6.54 Å². The van der Waals surface area contributed by atoms with Crippen LogP contribution >= 0.6 is 23.2 Å². The SMILES string of the molecule is CCN(CC(=O)NCC(O)c1ccc(Cl)cc1Cl)C1CC1. The Morgan fingerprint density at radius 2 is 2.19 bits per heavy atom. The minimum Gasteiger partial charge on any atom is -0.387 e. The van der Waals surface area contributed by atoms with Gasteiger partial charge in [-0.3, -0.25) is 9.69 Å². The Balaban J connectivity index is 1.82. The molecule has 1 aromatic rings. The van der Waals surface area contributed by atoms with E-state index < -0.39 is 6.10 Å². The van der Waals surface area contributed by atoms with E-state index in [1.165, 1.54) is 12.8 Å². The van der Waals surface area contributed by atoms with Gasteiger partial charge in [0.15, 0.2) is 0 Å². The number of hydrogen-bond acceptors (Lipinski definition) is 3. The quantitative estimate of drug-likeness (QED) is 0.808. The molecule has 2 N–H and O–H groups in total. The number of aliphatic hydroxyl groups is 1. The average Bonchev–Trinajstić information content (AvgIpc) is 3.26. The van der Waals surface area contributed by atoms with Crippen molar-refractivity contribution in [3.63, 3.8) is 0 Å². The van der Waals surface area contributed by atoms with Crippen LogP contribution < -0.4 is 5.32 Å². The van der Waals surface area contributed by atoms with Crippen LogP contribution in [0.15, 0.2) is 18.2 Å². The molecule has 0 saturated heterocycles. The van der Waals surface area contributed by atoms with Crippen LogP contribution in [-0.4, -0.2) is 41.6 Å². The topological polar surface area (TPSA) is 52.6 Å². The van der Waals surface area contributed by atoms with Crippen molar-refractivity contribution in [2.24, 2.45) is 0 Å². The molecule has 1 fully saturated rings. The third kappa shape index (κ3) is 4.85. The first-order valence-corrected chi connectivity index (χ1v) is 7.90. The molecule has 1 aliphatic carbocycles. The molecule has 6 heteroatoms. The summed E-state index contributed by atoms with van der Waals surface area (Å²) in [5.74, 6) is -0.0760. The standard InChI is InChI=1S/C15H20Cl2N2O2/c1-2-19(11-4-5-11)9-15(21)18-8-14(20)12-6-3-10(16)7-13(12)17/h3,6-7,11,14,20H,2,4-5,8-9H2,1H3,(H,18,21). The molecule has 0 aliphatic heterocycles. The zero-order valence-electron chi connectivity index (χ0n) is 12.0. The molecular formula is C15H20Cl2N2O2. The lowest BCUT2D eigenvalue weighted by molar-refractivity contribution is -0.122. The number of likely N-dealkylation sites (N-methyl/N-ethyl adjacent to an activating group) is 1. The third-order valence-electron chi connectivity index (χ3n) is 3.63. The second-order valence-corrected chi connectivity index (χ2v) is 6.12. The first-order valence-electron chi connectivity index (χ1n) is 7.15. The van der Waals surface area contributed by atoms with Gasteiger partial charge in [0.2, 0.25) is 5.91 Å². The monoisotopic (exact) mass is 330 g/mol. The first kappa shape index (κ1) is 16.6. The summed E-state index contributed by atoms with van der Waals surface area (Å²) in [6.45, 7) is 3.43. The molecule has 1 aromatic carbocycles. The van der Waals surface area contributed by atoms with Gasteiger partial charge in [-0.25, -0.2) is 0 Å². The van der Waals surface area contributed by atoms with E-state index in [0.29, 0.717) is 28.2 Å². The predicted octanol–water partition coefficient (Wildman–Crippen LogP) is 2.63. The molecule has 4 nitrogen and oxygen atoms in total. The highest BCUT2D eigenvalue weighted by Gasteiger charge is 2.29. The number of benzene rings is 1. The molecule has 0 spiro atoms. The lowest BCUT2D eigenvalue weighted by atomic mass is 10.1. The van der Waals surface area contributed by atoms with Crippen LogP contribution in [0.2, 0.25) is 10.0 Å². The van der Waals surface area contributed by atoms with Crippen LogP contribution in [0.1, 0.15) is 31.4 Å². The molecule has 0 radical (unpaired) electrons. The molecule has 2 rings (SSSR count). The Kier molecular flexibility index (Phi) is 5.88. The highest BCUT2D eigenvalue weighted by molar-refractivity contribution is 6.35. The highest BCUT2D eigenvalue weighted by atomic mass is 35.5. The molecule has 0 bridgehead atoms. The fourth-order valence-corrected chi connectivity index (χ4v) is 2.81. The van der Waals surface area contributed by atoms with Crippen molar-refractivity contribution >= 4 is 29.1 Å². The highest BCUT2D eigenvalue weighted by Crippen LogP contribution is 2.27. The molecular weight excluding hydrogens is 311 g/mol. The number of rotatable bonds is 7. The summed E-state index contributed by atoms with van der Waals surface area (Å²) >= 11 is 11.8. The van der Waals surface area contributed by atoms with Gasteiger partial charge in [0.1, 0.15) is 0 Å². The number of carbonyl (C=O) groups is 1. The van der Waals surface area contributed by atoms with E-state index >= 15 is 0 Å². The van der Waals surface area contributed by atoms with Crippen molar-refractivity contribution in [1.82, 2.24) is 10.2 Å². The average molecular weight is 331 g/mol. The summed E-state index contributed by atoms with van der Waals surface area (Å²) in [6.07, 6.45) is 1.50. The lowest BCUT2D eigenvalue weighted by Gasteiger charge is -2.20. The summed E-state index contributed by atoms with van der Waals surface area (Å²) in [6, 6.07) is 5.47. The Morgan fingerprint density at radius 3 is 2.76 bits per heavy atom. The van der Waals surface area contributed by atoms with Crippen LogP contribution in [0.25, 0.3) is 0 Å². The normalized spacial score (nSPS) is 16.0. The van der Waals surface area contributed by atoms with Crippen molar-refractivity contribution in [2.75, 3.05) is 19.6 Å². The molecule has 1 amide bonds. The number of hydrogen-bond donors (Lipinski definition) is 2. The fourth-order valence-electron chi connectivity index (χ4n) is 2.27. The van der Waals surface area contributed by atoms with Gasteiger partial charge in [0, 0.05) is 28.2 Å². The van der Waals surface area contributed by atoms with Crippen LogP contribution in [-0.2, 0) is 4.79 Å². The Bertz CT molecular complexity index is 506. The maximum atomic E-state index is 11.9. The van der Waals surface area contributed by atoms with Crippen LogP contribution in [0.5, 0.6) is 0 Å². The van der Waals surface area contributed by atoms with Gasteiger partial charge in [-0.2, -0.15) is 0 Å². The summed E-state index contributed by atoms with van der Waals surface area (Å²) in [7, 11) is 0. The van der Waals surface area contributed by atoms with Gasteiger partial charge < -0.3 is 10.4 Å². The zero-order valence-corrected chi connectivity index (χ0v) is 13.5. The van der Waals surface area contributed by atoms with Gasteiger partial charge in [-0.15, -0.1) is 0 Å². The largest absolute Gasteiger partial charge is 0.387 e. The summed E-state index contributed by atoms with van der Waals surface area (Å²) < 4.78 is 0. The molecule has 1 saturated carbocycles. The Hall–Kier alpha value is -0.810.